The van der Waals surface area contributed by atoms with E-state index in [9.17, 15) is 4.39 Å². The van der Waals surface area contributed by atoms with Crippen molar-refractivity contribution in [2.45, 2.75) is 6.42 Å². The lowest BCUT2D eigenvalue weighted by Gasteiger charge is -2.36. The predicted octanol–water partition coefficient (Wildman–Crippen LogP) is 3.03. The highest BCUT2D eigenvalue weighted by atomic mass is 127. The van der Waals surface area contributed by atoms with E-state index in [0.29, 0.717) is 0 Å². The molecule has 0 aliphatic carbocycles. The van der Waals surface area contributed by atoms with E-state index in [-0.39, 0.29) is 29.8 Å². The molecule has 0 spiro atoms. The first-order valence-corrected chi connectivity index (χ1v) is 10.3. The van der Waals surface area contributed by atoms with E-state index in [4.69, 9.17) is 0 Å². The molecule has 1 aliphatic heterocycles. The number of hydrogen-bond donors (Lipinski definition) is 2. The lowest BCUT2D eigenvalue weighted by molar-refractivity contribution is 0.261. The maximum absolute atomic E-state index is 13.1. The van der Waals surface area contributed by atoms with Crippen molar-refractivity contribution in [2.75, 3.05) is 57.8 Å². The van der Waals surface area contributed by atoms with E-state index < -0.39 is 0 Å². The lowest BCUT2D eigenvalue weighted by Crippen LogP contribution is -2.49. The zero-order valence-electron chi connectivity index (χ0n) is 16.2. The summed E-state index contributed by atoms with van der Waals surface area (Å²) in [6.07, 6.45) is 1.02. The van der Waals surface area contributed by atoms with Gasteiger partial charge in [0.1, 0.15) is 5.82 Å². The Morgan fingerprint density at radius 2 is 1.79 bits per heavy atom. The number of guanidine groups is 1. The van der Waals surface area contributed by atoms with Gasteiger partial charge in [0.2, 0.25) is 0 Å². The normalized spacial score (nSPS) is 15.2. The Hall–Kier alpha value is -1.39. The van der Waals surface area contributed by atoms with Crippen LogP contribution in [-0.4, -0.2) is 63.7 Å². The minimum atomic E-state index is -0.180. The second-order valence-electron chi connectivity index (χ2n) is 6.56. The van der Waals surface area contributed by atoms with Crippen LogP contribution in [0, 0.1) is 5.82 Å². The molecule has 0 bridgehead atoms. The first-order chi connectivity index (χ1) is 13.2. The minimum absolute atomic E-state index is 0. The van der Waals surface area contributed by atoms with E-state index in [1.54, 1.807) is 11.3 Å². The Morgan fingerprint density at radius 1 is 1.07 bits per heavy atom. The third kappa shape index (κ3) is 7.21. The van der Waals surface area contributed by atoms with E-state index in [1.807, 2.05) is 19.2 Å². The number of benzene rings is 1. The first kappa shape index (κ1) is 22.9. The molecule has 8 heteroatoms. The van der Waals surface area contributed by atoms with E-state index >= 15 is 0 Å². The van der Waals surface area contributed by atoms with Crippen LogP contribution in [0.15, 0.2) is 46.8 Å². The third-order valence-corrected chi connectivity index (χ3v) is 5.69. The van der Waals surface area contributed by atoms with Crippen LogP contribution in [0.2, 0.25) is 0 Å². The number of thiophene rings is 1. The second kappa shape index (κ2) is 12.2. The summed E-state index contributed by atoms with van der Waals surface area (Å²) in [6.45, 7) is 6.72. The van der Waals surface area contributed by atoms with Crippen molar-refractivity contribution in [2.24, 2.45) is 4.99 Å². The topological polar surface area (TPSA) is 42.9 Å². The molecule has 1 aliphatic rings. The second-order valence-corrected chi connectivity index (χ2v) is 7.59. The molecule has 2 N–H and O–H groups in total. The molecule has 1 aromatic carbocycles. The lowest BCUT2D eigenvalue weighted by atomic mass is 10.2. The van der Waals surface area contributed by atoms with Gasteiger partial charge in [-0.3, -0.25) is 9.89 Å². The quantitative estimate of drug-likeness (QED) is 0.337. The largest absolute Gasteiger partial charge is 0.369 e. The molecule has 154 valence electrons. The number of anilines is 1. The van der Waals surface area contributed by atoms with E-state index in [2.05, 4.69) is 42.9 Å². The standard InChI is InChI=1S/C20H28FN5S.HI/c1-22-20(23-9-8-19-3-2-16-27-19)24-10-11-25-12-14-26(15-13-25)18-6-4-17(21)5-7-18;/h2-7,16H,8-15H2,1H3,(H2,22,23,24);1H. The van der Waals surface area contributed by atoms with Crippen molar-refractivity contribution in [3.05, 3.63) is 52.5 Å². The number of nitrogens with zero attached hydrogens (tertiary/aromatic N) is 3. The maximum Gasteiger partial charge on any atom is 0.191 e. The molecule has 0 saturated carbocycles. The van der Waals surface area contributed by atoms with Gasteiger partial charge in [-0.25, -0.2) is 4.39 Å². The highest BCUT2D eigenvalue weighted by molar-refractivity contribution is 14.0. The third-order valence-electron chi connectivity index (χ3n) is 4.75. The fourth-order valence-electron chi connectivity index (χ4n) is 3.19. The van der Waals surface area contributed by atoms with Crippen LogP contribution >= 0.6 is 35.3 Å². The first-order valence-electron chi connectivity index (χ1n) is 9.44. The number of rotatable bonds is 7. The fraction of sp³-hybridized carbons (Fsp3) is 0.450. The summed E-state index contributed by atoms with van der Waals surface area (Å²) in [5.74, 6) is 0.678. The smallest absolute Gasteiger partial charge is 0.191 e. The van der Waals surface area contributed by atoms with Crippen molar-refractivity contribution < 1.29 is 4.39 Å². The van der Waals surface area contributed by atoms with Gasteiger partial charge in [0.25, 0.3) is 0 Å². The molecule has 1 saturated heterocycles. The number of nitrogens with one attached hydrogen (secondary N) is 2. The molecule has 1 fully saturated rings. The molecule has 3 rings (SSSR count). The van der Waals surface area contributed by atoms with Crippen LogP contribution in [0.3, 0.4) is 0 Å². The van der Waals surface area contributed by atoms with Crippen LogP contribution in [0.1, 0.15) is 4.88 Å². The average molecular weight is 517 g/mol. The van der Waals surface area contributed by atoms with Crippen molar-refractivity contribution in [3.63, 3.8) is 0 Å². The zero-order valence-corrected chi connectivity index (χ0v) is 19.4. The molecular weight excluding hydrogens is 488 g/mol. The number of halogens is 2. The van der Waals surface area contributed by atoms with Crippen LogP contribution in [-0.2, 0) is 6.42 Å². The molecule has 2 heterocycles. The van der Waals surface area contributed by atoms with Gasteiger partial charge in [0.05, 0.1) is 0 Å². The molecule has 1 aromatic heterocycles. The summed E-state index contributed by atoms with van der Waals surface area (Å²) in [5, 5.41) is 8.87. The van der Waals surface area contributed by atoms with Gasteiger partial charge in [-0.05, 0) is 42.1 Å². The molecule has 0 atom stereocenters. The van der Waals surface area contributed by atoms with E-state index in [0.717, 1.165) is 63.9 Å². The Morgan fingerprint density at radius 3 is 2.43 bits per heavy atom. The van der Waals surface area contributed by atoms with Crippen molar-refractivity contribution in [1.29, 1.82) is 0 Å². The molecular formula is C20H29FIN5S. The molecule has 0 amide bonds. The predicted molar refractivity (Wildman–Crippen MR) is 128 cm³/mol. The Balaban J connectivity index is 0.00000280. The number of hydrogen-bond acceptors (Lipinski definition) is 4. The highest BCUT2D eigenvalue weighted by Gasteiger charge is 2.16. The van der Waals surface area contributed by atoms with Crippen molar-refractivity contribution in [1.82, 2.24) is 15.5 Å². The molecule has 2 aromatic rings. The van der Waals surface area contributed by atoms with Crippen LogP contribution < -0.4 is 15.5 Å². The molecule has 5 nitrogen and oxygen atoms in total. The fourth-order valence-corrected chi connectivity index (χ4v) is 3.90. The van der Waals surface area contributed by atoms with Crippen LogP contribution in [0.4, 0.5) is 10.1 Å². The summed E-state index contributed by atoms with van der Waals surface area (Å²) in [5.41, 5.74) is 1.10. The van der Waals surface area contributed by atoms with Crippen molar-refractivity contribution in [3.8, 4) is 0 Å². The Kier molecular flexibility index (Phi) is 10.0. The maximum atomic E-state index is 13.1. The monoisotopic (exact) mass is 517 g/mol. The average Bonchev–Trinajstić information content (AvgIpc) is 3.21. The van der Waals surface area contributed by atoms with Crippen molar-refractivity contribution >= 4 is 47.0 Å². The highest BCUT2D eigenvalue weighted by Crippen LogP contribution is 2.16. The van der Waals surface area contributed by atoms with Gasteiger partial charge in [0, 0.05) is 63.4 Å². The van der Waals surface area contributed by atoms with Crippen LogP contribution in [0.25, 0.3) is 0 Å². The SMILES string of the molecule is CN=C(NCCc1cccs1)NCCN1CCN(c2ccc(F)cc2)CC1.I. The van der Waals surface area contributed by atoms with Gasteiger partial charge in [0.15, 0.2) is 5.96 Å². The number of aliphatic imine (C=N–C) groups is 1. The van der Waals surface area contributed by atoms with Gasteiger partial charge in [-0.2, -0.15) is 0 Å². The molecule has 0 radical (unpaired) electrons. The van der Waals surface area contributed by atoms with Gasteiger partial charge in [-0.15, -0.1) is 35.3 Å². The van der Waals surface area contributed by atoms with Gasteiger partial charge < -0.3 is 15.5 Å². The van der Waals surface area contributed by atoms with Gasteiger partial charge >= 0.3 is 0 Å². The molecule has 28 heavy (non-hydrogen) atoms. The van der Waals surface area contributed by atoms with Gasteiger partial charge in [-0.1, -0.05) is 6.07 Å². The minimum Gasteiger partial charge on any atom is -0.369 e. The summed E-state index contributed by atoms with van der Waals surface area (Å²) in [6, 6.07) is 11.0. The summed E-state index contributed by atoms with van der Waals surface area (Å²) in [7, 11) is 1.81. The summed E-state index contributed by atoms with van der Waals surface area (Å²) >= 11 is 1.79. The summed E-state index contributed by atoms with van der Waals surface area (Å²) in [4.78, 5) is 10.4. The zero-order chi connectivity index (χ0) is 18.9. The Labute approximate surface area is 188 Å². The Bertz CT molecular complexity index is 700. The van der Waals surface area contributed by atoms with Crippen LogP contribution in [0.5, 0.6) is 0 Å². The summed E-state index contributed by atoms with van der Waals surface area (Å²) < 4.78 is 13.1. The van der Waals surface area contributed by atoms with E-state index in [1.165, 1.54) is 17.0 Å². The number of piperazine rings is 1. The molecule has 0 unspecified atom stereocenters.